The van der Waals surface area contributed by atoms with Crippen LogP contribution in [0.4, 0.5) is 13.2 Å². The van der Waals surface area contributed by atoms with E-state index in [1.807, 2.05) is 84.9 Å². The van der Waals surface area contributed by atoms with Crippen molar-refractivity contribution in [2.75, 3.05) is 0 Å². The second-order valence-electron chi connectivity index (χ2n) is 8.08. The number of halogens is 3. The molecule has 34 heavy (non-hydrogen) atoms. The van der Waals surface area contributed by atoms with Gasteiger partial charge in [-0.05, 0) is 41.1 Å². The Labute approximate surface area is 197 Å². The van der Waals surface area contributed by atoms with Crippen LogP contribution in [0.3, 0.4) is 0 Å². The Balaban J connectivity index is 1.81. The van der Waals surface area contributed by atoms with Gasteiger partial charge < -0.3 is 0 Å². The quantitative estimate of drug-likeness (QED) is 0.180. The average Bonchev–Trinajstić information content (AvgIpc) is 2.89. The van der Waals surface area contributed by atoms with E-state index in [1.54, 1.807) is 18.2 Å². The summed E-state index contributed by atoms with van der Waals surface area (Å²) in [7, 11) is -1.05. The van der Waals surface area contributed by atoms with Crippen LogP contribution < -0.4 is 0 Å². The molecule has 0 nitrogen and oxygen atoms in total. The molecule has 164 valence electrons. The van der Waals surface area contributed by atoms with Crippen molar-refractivity contribution in [1.29, 1.82) is 0 Å². The third kappa shape index (κ3) is 3.17. The molecule has 0 aliphatic heterocycles. The fourth-order valence-corrected chi connectivity index (χ4v) is 7.17. The maximum Gasteiger partial charge on any atom is 0.218 e. The van der Waals surface area contributed by atoms with Gasteiger partial charge in [-0.3, -0.25) is 0 Å². The minimum absolute atomic E-state index is 0.0781. The predicted molar refractivity (Wildman–Crippen MR) is 134 cm³/mol. The van der Waals surface area contributed by atoms with Crippen molar-refractivity contribution < 1.29 is 13.2 Å². The van der Waals surface area contributed by atoms with Gasteiger partial charge in [-0.15, -0.1) is 0 Å². The molecular weight excluding hydrogens is 449 g/mol. The third-order valence-corrected chi connectivity index (χ3v) is 8.54. The van der Waals surface area contributed by atoms with Crippen LogP contribution in [-0.4, -0.2) is 0 Å². The van der Waals surface area contributed by atoms with Gasteiger partial charge in [0.2, 0.25) is 10.7 Å². The van der Waals surface area contributed by atoms with Gasteiger partial charge in [-0.25, -0.2) is 8.78 Å². The molecule has 0 aliphatic rings. The van der Waals surface area contributed by atoms with Crippen molar-refractivity contribution in [3.05, 3.63) is 127 Å². The van der Waals surface area contributed by atoms with Gasteiger partial charge in [0.1, 0.15) is 10.9 Å². The van der Waals surface area contributed by atoms with Gasteiger partial charge >= 0.3 is 0 Å². The Kier molecular flexibility index (Phi) is 5.04. The van der Waals surface area contributed by atoms with E-state index in [4.69, 9.17) is 0 Å². The number of fused-ring (bicyclic) bond motifs is 3. The molecule has 0 heterocycles. The molecule has 0 amide bonds. The van der Waals surface area contributed by atoms with Crippen LogP contribution in [0.5, 0.6) is 0 Å². The molecule has 0 N–H and O–H groups in total. The zero-order chi connectivity index (χ0) is 23.2. The Morgan fingerprint density at radius 2 is 0.824 bits per heavy atom. The van der Waals surface area contributed by atoms with Gasteiger partial charge in [0.05, 0.1) is 0 Å². The highest BCUT2D eigenvalue weighted by atomic mass is 32.2. The lowest BCUT2D eigenvalue weighted by atomic mass is 10.1. The van der Waals surface area contributed by atoms with Gasteiger partial charge in [0.25, 0.3) is 0 Å². The first kappa shape index (κ1) is 20.8. The van der Waals surface area contributed by atoms with Crippen LogP contribution in [-0.2, 0) is 10.9 Å². The molecule has 0 spiro atoms. The van der Waals surface area contributed by atoms with E-state index in [1.165, 1.54) is 6.07 Å². The van der Waals surface area contributed by atoms with Crippen molar-refractivity contribution in [3.63, 3.8) is 0 Å². The van der Waals surface area contributed by atoms with Gasteiger partial charge in [-0.1, -0.05) is 78.9 Å². The van der Waals surface area contributed by atoms with Gasteiger partial charge in [0, 0.05) is 21.5 Å². The Morgan fingerprint density at radius 3 is 1.38 bits per heavy atom. The van der Waals surface area contributed by atoms with Gasteiger partial charge in [0.15, 0.2) is 21.4 Å². The summed E-state index contributed by atoms with van der Waals surface area (Å²) in [5, 5.41) is 4.37. The number of benzene rings is 6. The summed E-state index contributed by atoms with van der Waals surface area (Å²) in [6.07, 6.45) is 0. The van der Waals surface area contributed by atoms with E-state index in [0.717, 1.165) is 31.3 Å². The fourth-order valence-electron chi connectivity index (χ4n) is 4.59. The maximum atomic E-state index is 15.8. The first-order valence-corrected chi connectivity index (χ1v) is 12.1. The second kappa shape index (κ2) is 8.23. The minimum Gasteiger partial charge on any atom is -0.203 e. The summed E-state index contributed by atoms with van der Waals surface area (Å²) in [5.41, 5.74) is 0. The predicted octanol–water partition coefficient (Wildman–Crippen LogP) is 8.66. The number of hydrogen-bond acceptors (Lipinski definition) is 0. The van der Waals surface area contributed by atoms with E-state index < -0.39 is 28.3 Å². The first-order chi connectivity index (χ1) is 16.6. The lowest BCUT2D eigenvalue weighted by Crippen LogP contribution is -2.11. The van der Waals surface area contributed by atoms with E-state index in [0.29, 0.717) is 5.39 Å². The van der Waals surface area contributed by atoms with Crippen LogP contribution in [0.1, 0.15) is 0 Å². The summed E-state index contributed by atoms with van der Waals surface area (Å²) >= 11 is 0. The topological polar surface area (TPSA) is 0 Å². The van der Waals surface area contributed by atoms with E-state index in [9.17, 15) is 8.78 Å². The summed E-state index contributed by atoms with van der Waals surface area (Å²) in [6.45, 7) is 0. The maximum absolute atomic E-state index is 15.8. The van der Waals surface area contributed by atoms with Crippen LogP contribution >= 0.6 is 0 Å². The molecule has 6 aromatic carbocycles. The molecule has 0 aliphatic carbocycles. The third-order valence-electron chi connectivity index (χ3n) is 6.14. The molecule has 0 bridgehead atoms. The number of hydrogen-bond donors (Lipinski definition) is 0. The molecule has 0 aromatic heterocycles. The minimum atomic E-state index is -1.44. The smallest absolute Gasteiger partial charge is 0.203 e. The van der Waals surface area contributed by atoms with Crippen LogP contribution in [0.25, 0.3) is 32.3 Å². The van der Waals surface area contributed by atoms with E-state index >= 15 is 4.39 Å². The summed E-state index contributed by atoms with van der Waals surface area (Å²) in [5.74, 6) is -3.73. The standard InChI is InChI=1S/C30H18F3S/c31-27-23-15-5-6-16-24(23)30(29(33)28(27)32)34(25-17-7-11-19-9-1-3-13-21(19)25)26-18-8-12-20-10-2-4-14-22(20)26/h1-18H/q+1. The fraction of sp³-hybridized carbons (Fsp3) is 0. The molecule has 4 heteroatoms. The lowest BCUT2D eigenvalue weighted by molar-refractivity contribution is 0.442. The average molecular weight is 468 g/mol. The molecule has 6 rings (SSSR count). The molecule has 0 saturated heterocycles. The normalized spacial score (nSPS) is 11.6. The van der Waals surface area contributed by atoms with Crippen molar-refractivity contribution in [2.45, 2.75) is 14.7 Å². The van der Waals surface area contributed by atoms with Crippen LogP contribution in [0.15, 0.2) is 124 Å². The SMILES string of the molecule is Fc1c(F)c([S+](c2cccc3ccccc23)c2cccc3ccccc23)c2ccccc2c1F. The van der Waals surface area contributed by atoms with Gasteiger partial charge in [-0.2, -0.15) is 4.39 Å². The Morgan fingerprint density at radius 1 is 0.382 bits per heavy atom. The second-order valence-corrected chi connectivity index (χ2v) is 9.98. The number of rotatable bonds is 3. The molecule has 0 fully saturated rings. The Bertz CT molecular complexity index is 1620. The van der Waals surface area contributed by atoms with Crippen molar-refractivity contribution in [2.24, 2.45) is 0 Å². The molecule has 0 saturated carbocycles. The van der Waals surface area contributed by atoms with Crippen molar-refractivity contribution >= 4 is 43.2 Å². The molecule has 6 aromatic rings. The highest BCUT2D eigenvalue weighted by Crippen LogP contribution is 2.43. The summed E-state index contributed by atoms with van der Waals surface area (Å²) < 4.78 is 45.6. The molecule has 0 unspecified atom stereocenters. The highest BCUT2D eigenvalue weighted by molar-refractivity contribution is 7.97. The van der Waals surface area contributed by atoms with Crippen molar-refractivity contribution in [3.8, 4) is 0 Å². The Hall–Kier alpha value is -3.76. The zero-order valence-corrected chi connectivity index (χ0v) is 18.8. The lowest BCUT2D eigenvalue weighted by Gasteiger charge is -2.15. The highest BCUT2D eigenvalue weighted by Gasteiger charge is 2.39. The molecule has 0 atom stereocenters. The summed E-state index contributed by atoms with van der Waals surface area (Å²) in [4.78, 5) is 1.90. The van der Waals surface area contributed by atoms with Crippen molar-refractivity contribution in [1.82, 2.24) is 0 Å². The molecule has 0 radical (unpaired) electrons. The van der Waals surface area contributed by atoms with Crippen LogP contribution in [0.2, 0.25) is 0 Å². The monoisotopic (exact) mass is 467 g/mol. The van der Waals surface area contributed by atoms with E-state index in [2.05, 4.69) is 0 Å². The first-order valence-electron chi connectivity index (χ1n) is 10.9. The summed E-state index contributed by atoms with van der Waals surface area (Å²) in [6, 6.07) is 34.1. The molecular formula is C30H18F3S+. The van der Waals surface area contributed by atoms with Crippen LogP contribution in [0, 0.1) is 17.5 Å². The van der Waals surface area contributed by atoms with E-state index in [-0.39, 0.29) is 10.3 Å². The largest absolute Gasteiger partial charge is 0.218 e. The zero-order valence-electron chi connectivity index (χ0n) is 17.9.